The number of benzene rings is 2. The minimum absolute atomic E-state index is 0.0457. The maximum Gasteiger partial charge on any atom is 0.435 e. The van der Waals surface area contributed by atoms with Gasteiger partial charge in [0.25, 0.3) is 5.91 Å². The molecule has 2 aromatic heterocycles. The van der Waals surface area contributed by atoms with E-state index in [4.69, 9.17) is 5.73 Å². The second-order valence-corrected chi connectivity index (χ2v) is 9.63. The van der Waals surface area contributed by atoms with Crippen LogP contribution in [0.25, 0.3) is 11.1 Å². The Balaban J connectivity index is 1.52. The summed E-state index contributed by atoms with van der Waals surface area (Å²) < 4.78 is 83.7. The van der Waals surface area contributed by atoms with Crippen LogP contribution >= 0.6 is 0 Å². The molecule has 0 radical (unpaired) electrons. The fraction of sp³-hybridized carbons (Fsp3) is 0.214. The van der Waals surface area contributed by atoms with E-state index in [1.807, 2.05) is 0 Å². The van der Waals surface area contributed by atoms with E-state index in [0.29, 0.717) is 17.2 Å². The summed E-state index contributed by atoms with van der Waals surface area (Å²) in [6.07, 6.45) is -3.51. The van der Waals surface area contributed by atoms with Crippen molar-refractivity contribution in [3.63, 3.8) is 0 Å². The molecule has 14 heteroatoms. The van der Waals surface area contributed by atoms with Gasteiger partial charge in [0.2, 0.25) is 5.91 Å². The lowest BCUT2D eigenvalue weighted by Gasteiger charge is -2.22. The lowest BCUT2D eigenvalue weighted by molar-refractivity contribution is -0.142. The summed E-state index contributed by atoms with van der Waals surface area (Å²) in [5.41, 5.74) is 4.96. The second kappa shape index (κ2) is 11.3. The van der Waals surface area contributed by atoms with Crippen LogP contribution in [0.15, 0.2) is 54.7 Å². The van der Waals surface area contributed by atoms with Gasteiger partial charge in [0.15, 0.2) is 5.69 Å². The molecule has 0 unspecified atom stereocenters. The van der Waals surface area contributed by atoms with Gasteiger partial charge in [-0.15, -0.1) is 0 Å². The highest BCUT2D eigenvalue weighted by Gasteiger charge is 2.40. The molecule has 0 bridgehead atoms. The highest BCUT2D eigenvalue weighted by atomic mass is 19.4. The lowest BCUT2D eigenvalue weighted by atomic mass is 9.94. The van der Waals surface area contributed by atoms with Crippen LogP contribution < -0.4 is 16.4 Å². The van der Waals surface area contributed by atoms with E-state index in [0.717, 1.165) is 22.9 Å². The van der Waals surface area contributed by atoms with Crippen LogP contribution in [0.2, 0.25) is 0 Å². The molecule has 0 aliphatic carbocycles. The molecule has 1 aliphatic heterocycles. The topological polar surface area (TPSA) is 115 Å². The molecule has 2 amide bonds. The molecule has 0 saturated carbocycles. The number of halogens is 6. The zero-order chi connectivity index (χ0) is 30.2. The van der Waals surface area contributed by atoms with Gasteiger partial charge in [0.1, 0.15) is 24.0 Å². The van der Waals surface area contributed by atoms with Crippen molar-refractivity contribution in [1.82, 2.24) is 25.4 Å². The number of rotatable bonds is 8. The fourth-order valence-corrected chi connectivity index (χ4v) is 4.96. The number of aromatic nitrogens is 3. The Morgan fingerprint density at radius 3 is 2.48 bits per heavy atom. The maximum absolute atomic E-state index is 14.2. The number of fused-ring (bicyclic) bond motifs is 1. The van der Waals surface area contributed by atoms with Gasteiger partial charge in [-0.05, 0) is 47.9 Å². The molecule has 4 aromatic rings. The number of nitrogens with two attached hydrogens (primary N) is 1. The number of hydrogen-bond donors (Lipinski definition) is 3. The Morgan fingerprint density at radius 1 is 1.05 bits per heavy atom. The van der Waals surface area contributed by atoms with Crippen molar-refractivity contribution >= 4 is 11.8 Å². The summed E-state index contributed by atoms with van der Waals surface area (Å²) in [6.45, 7) is -0.560. The van der Waals surface area contributed by atoms with E-state index < -0.39 is 59.3 Å². The van der Waals surface area contributed by atoms with Crippen molar-refractivity contribution in [1.29, 1.82) is 0 Å². The molecule has 0 spiro atoms. The molecule has 218 valence electrons. The first-order valence-electron chi connectivity index (χ1n) is 12.6. The number of primary amides is 1. The van der Waals surface area contributed by atoms with E-state index >= 15 is 0 Å². The number of carbonyl (C=O) groups is 2. The lowest BCUT2D eigenvalue weighted by Crippen LogP contribution is -2.34. The molecule has 8 nitrogen and oxygen atoms in total. The number of nitrogens with one attached hydrogen (secondary N) is 2. The van der Waals surface area contributed by atoms with Crippen LogP contribution in [0.4, 0.5) is 26.3 Å². The number of nitrogens with zero attached hydrogens (tertiary/aromatic N) is 3. The molecule has 1 atom stereocenters. The molecule has 3 heterocycles. The smallest absolute Gasteiger partial charge is 0.366 e. The standard InChI is InChI=1S/C28H22F6N6O2/c29-16-6-14(7-17(30)10-16)8-22(25-18(2-1-5-37-25)15-3-4-21(31)19(9-15)27(35)42)38-24(41)13-40-23-12-36-11-20(23)26(39-40)28(32,33)34/h1-7,9-10,22,36H,8,11-13H2,(H2,35,42)(H,38,41)/t22-/m0/s1. The minimum atomic E-state index is -4.72. The highest BCUT2D eigenvalue weighted by molar-refractivity contribution is 5.94. The monoisotopic (exact) mass is 588 g/mol. The summed E-state index contributed by atoms with van der Waals surface area (Å²) in [5.74, 6) is -4.34. The molecular formula is C28H22F6N6O2. The van der Waals surface area contributed by atoms with Crippen LogP contribution in [-0.4, -0.2) is 26.6 Å². The van der Waals surface area contributed by atoms with Gasteiger partial charge in [0.05, 0.1) is 23.0 Å². The Kier molecular flexibility index (Phi) is 7.73. The predicted octanol–water partition coefficient (Wildman–Crippen LogP) is 4.18. The average molecular weight is 589 g/mol. The predicted molar refractivity (Wildman–Crippen MR) is 137 cm³/mol. The largest absolute Gasteiger partial charge is 0.435 e. The first-order chi connectivity index (χ1) is 19.9. The van der Waals surface area contributed by atoms with Crippen LogP contribution in [0.5, 0.6) is 0 Å². The zero-order valence-corrected chi connectivity index (χ0v) is 21.6. The van der Waals surface area contributed by atoms with Crippen molar-refractivity contribution in [3.05, 3.63) is 106 Å². The molecular weight excluding hydrogens is 566 g/mol. The Hall–Kier alpha value is -4.72. The van der Waals surface area contributed by atoms with E-state index in [-0.39, 0.29) is 42.0 Å². The third-order valence-corrected chi connectivity index (χ3v) is 6.73. The van der Waals surface area contributed by atoms with Gasteiger partial charge in [0, 0.05) is 36.5 Å². The first kappa shape index (κ1) is 28.8. The highest BCUT2D eigenvalue weighted by Crippen LogP contribution is 2.35. The number of hydrogen-bond acceptors (Lipinski definition) is 5. The van der Waals surface area contributed by atoms with Gasteiger partial charge in [-0.25, -0.2) is 13.2 Å². The van der Waals surface area contributed by atoms with Crippen LogP contribution in [0.1, 0.15) is 44.6 Å². The minimum Gasteiger partial charge on any atom is -0.366 e. The maximum atomic E-state index is 14.2. The molecule has 0 fully saturated rings. The molecule has 0 saturated heterocycles. The van der Waals surface area contributed by atoms with Gasteiger partial charge in [-0.3, -0.25) is 19.3 Å². The average Bonchev–Trinajstić information content (AvgIpc) is 3.51. The summed E-state index contributed by atoms with van der Waals surface area (Å²) in [7, 11) is 0. The van der Waals surface area contributed by atoms with Crippen molar-refractivity contribution in [2.45, 2.75) is 38.3 Å². The van der Waals surface area contributed by atoms with E-state index in [2.05, 4.69) is 20.7 Å². The van der Waals surface area contributed by atoms with Gasteiger partial charge in [-0.2, -0.15) is 18.3 Å². The number of amides is 2. The summed E-state index contributed by atoms with van der Waals surface area (Å²) >= 11 is 0. The molecule has 1 aliphatic rings. The molecule has 42 heavy (non-hydrogen) atoms. The fourth-order valence-electron chi connectivity index (χ4n) is 4.96. The number of carbonyl (C=O) groups excluding carboxylic acids is 2. The summed E-state index contributed by atoms with van der Waals surface area (Å²) in [6, 6.07) is 8.47. The normalized spacial score (nSPS) is 13.6. The Labute approximate surface area is 234 Å². The SMILES string of the molecule is NC(=O)c1cc(-c2cccnc2[C@H](Cc2cc(F)cc(F)c2)NC(=O)Cn2nc(C(F)(F)F)c3c2CNC3)ccc1F. The first-order valence-corrected chi connectivity index (χ1v) is 12.6. The van der Waals surface area contributed by atoms with Crippen LogP contribution in [0.3, 0.4) is 0 Å². The Morgan fingerprint density at radius 2 is 1.79 bits per heavy atom. The van der Waals surface area contributed by atoms with Crippen molar-refractivity contribution < 1.29 is 35.9 Å². The van der Waals surface area contributed by atoms with Crippen LogP contribution in [0, 0.1) is 17.5 Å². The summed E-state index contributed by atoms with van der Waals surface area (Å²) in [4.78, 5) is 29.4. The van der Waals surface area contributed by atoms with Crippen molar-refractivity contribution in [2.24, 2.45) is 5.73 Å². The molecule has 2 aromatic carbocycles. The van der Waals surface area contributed by atoms with Gasteiger partial charge in [-0.1, -0.05) is 12.1 Å². The number of alkyl halides is 3. The quantitative estimate of drug-likeness (QED) is 0.267. The van der Waals surface area contributed by atoms with Gasteiger partial charge >= 0.3 is 6.18 Å². The third-order valence-electron chi connectivity index (χ3n) is 6.73. The van der Waals surface area contributed by atoms with Crippen LogP contribution in [-0.2, 0) is 37.0 Å². The summed E-state index contributed by atoms with van der Waals surface area (Å²) in [5, 5.41) is 9.13. The van der Waals surface area contributed by atoms with Crippen molar-refractivity contribution in [3.8, 4) is 11.1 Å². The molecule has 5 rings (SSSR count). The van der Waals surface area contributed by atoms with Crippen molar-refractivity contribution in [2.75, 3.05) is 0 Å². The zero-order valence-electron chi connectivity index (χ0n) is 21.6. The molecule has 4 N–H and O–H groups in total. The third kappa shape index (κ3) is 5.98. The number of pyridine rings is 1. The van der Waals surface area contributed by atoms with Gasteiger partial charge < -0.3 is 16.4 Å². The van der Waals surface area contributed by atoms with E-state index in [1.165, 1.54) is 18.3 Å². The Bertz CT molecular complexity index is 1670. The van der Waals surface area contributed by atoms with E-state index in [9.17, 15) is 35.9 Å². The second-order valence-electron chi connectivity index (χ2n) is 9.63. The van der Waals surface area contributed by atoms with E-state index in [1.54, 1.807) is 12.1 Å².